The molecule has 22 heavy (non-hydrogen) atoms. The van der Waals surface area contributed by atoms with Crippen molar-refractivity contribution < 1.29 is 0 Å². The summed E-state index contributed by atoms with van der Waals surface area (Å²) in [6, 6.07) is 6.32. The summed E-state index contributed by atoms with van der Waals surface area (Å²) in [6.07, 6.45) is 8.24. The summed E-state index contributed by atoms with van der Waals surface area (Å²) in [5.74, 6) is 3.33. The van der Waals surface area contributed by atoms with Gasteiger partial charge in [0.15, 0.2) is 5.96 Å². The molecule has 0 aliphatic carbocycles. The van der Waals surface area contributed by atoms with Crippen molar-refractivity contribution in [3.63, 3.8) is 0 Å². The van der Waals surface area contributed by atoms with Gasteiger partial charge in [-0.25, -0.2) is 0 Å². The third kappa shape index (κ3) is 4.67. The number of halogens is 1. The number of aryl methyl sites for hydroxylation is 1. The number of benzene rings is 1. The van der Waals surface area contributed by atoms with E-state index in [-0.39, 0.29) is 24.0 Å². The Labute approximate surface area is 149 Å². The molecule has 118 valence electrons. The predicted octanol–water partition coefficient (Wildman–Crippen LogP) is 2.83. The van der Waals surface area contributed by atoms with Crippen molar-refractivity contribution in [2.75, 3.05) is 19.6 Å². The number of aromatic nitrogens is 1. The minimum absolute atomic E-state index is 0. The molecule has 0 saturated heterocycles. The molecule has 0 bridgehead atoms. The van der Waals surface area contributed by atoms with E-state index < -0.39 is 0 Å². The Morgan fingerprint density at radius 1 is 1.36 bits per heavy atom. The highest BCUT2D eigenvalue weighted by Crippen LogP contribution is 2.22. The van der Waals surface area contributed by atoms with E-state index in [9.17, 15) is 0 Å². The van der Waals surface area contributed by atoms with Crippen molar-refractivity contribution in [1.82, 2.24) is 15.6 Å². The lowest BCUT2D eigenvalue weighted by Crippen LogP contribution is -2.37. The molecule has 0 aliphatic rings. The third-order valence-corrected chi connectivity index (χ3v) is 3.35. The van der Waals surface area contributed by atoms with Gasteiger partial charge < -0.3 is 15.6 Å². The average molecular weight is 410 g/mol. The molecular weight excluding hydrogens is 387 g/mol. The van der Waals surface area contributed by atoms with Crippen LogP contribution < -0.4 is 10.6 Å². The molecule has 5 heteroatoms. The molecule has 0 amide bonds. The number of aromatic amines is 1. The molecule has 2 aromatic rings. The molecule has 1 aromatic carbocycles. The molecule has 0 atom stereocenters. The van der Waals surface area contributed by atoms with Crippen molar-refractivity contribution in [1.29, 1.82) is 0 Å². The smallest absolute Gasteiger partial charge is 0.192 e. The molecule has 3 N–H and O–H groups in total. The van der Waals surface area contributed by atoms with E-state index in [1.807, 2.05) is 6.92 Å². The van der Waals surface area contributed by atoms with E-state index in [4.69, 9.17) is 6.42 Å². The van der Waals surface area contributed by atoms with Crippen LogP contribution in [-0.2, 0) is 6.42 Å². The Morgan fingerprint density at radius 3 is 2.91 bits per heavy atom. The number of fused-ring (bicyclic) bond motifs is 1. The number of hydrogen-bond donors (Lipinski definition) is 3. The molecule has 1 heterocycles. The van der Waals surface area contributed by atoms with Gasteiger partial charge in [0, 0.05) is 30.2 Å². The Bertz CT molecular complexity index is 667. The number of guanidine groups is 1. The van der Waals surface area contributed by atoms with Crippen LogP contribution in [0.15, 0.2) is 29.4 Å². The maximum absolute atomic E-state index is 5.26. The van der Waals surface area contributed by atoms with Crippen LogP contribution in [0.5, 0.6) is 0 Å². The zero-order chi connectivity index (χ0) is 15.1. The molecular formula is C17H23IN4. The first kappa shape index (κ1) is 18.4. The van der Waals surface area contributed by atoms with Crippen molar-refractivity contribution in [2.45, 2.75) is 20.3 Å². The first-order chi connectivity index (χ1) is 10.3. The number of rotatable bonds is 5. The molecule has 0 aliphatic heterocycles. The monoisotopic (exact) mass is 410 g/mol. The van der Waals surface area contributed by atoms with Gasteiger partial charge in [0.1, 0.15) is 0 Å². The van der Waals surface area contributed by atoms with Crippen LogP contribution >= 0.6 is 24.0 Å². The van der Waals surface area contributed by atoms with Gasteiger partial charge in [-0.2, -0.15) is 0 Å². The molecule has 4 nitrogen and oxygen atoms in total. The van der Waals surface area contributed by atoms with Gasteiger partial charge in [-0.3, -0.25) is 4.99 Å². The summed E-state index contributed by atoms with van der Waals surface area (Å²) in [5.41, 5.74) is 3.79. The van der Waals surface area contributed by atoms with Gasteiger partial charge in [0.2, 0.25) is 0 Å². The summed E-state index contributed by atoms with van der Waals surface area (Å²) >= 11 is 0. The fourth-order valence-electron chi connectivity index (χ4n) is 2.41. The number of nitrogens with zero attached hydrogens (tertiary/aromatic N) is 1. The normalized spacial score (nSPS) is 10.9. The lowest BCUT2D eigenvalue weighted by Gasteiger charge is -2.08. The second kappa shape index (κ2) is 9.36. The number of hydrogen-bond acceptors (Lipinski definition) is 1. The number of nitrogens with one attached hydrogen (secondary N) is 3. The number of H-pyrrole nitrogens is 1. The molecule has 0 unspecified atom stereocenters. The highest BCUT2D eigenvalue weighted by atomic mass is 127. The van der Waals surface area contributed by atoms with Gasteiger partial charge >= 0.3 is 0 Å². The molecule has 0 spiro atoms. The fourth-order valence-corrected chi connectivity index (χ4v) is 2.41. The summed E-state index contributed by atoms with van der Waals surface area (Å²) in [7, 11) is 0. The zero-order valence-corrected chi connectivity index (χ0v) is 15.4. The fraction of sp³-hybridized carbons (Fsp3) is 0.353. The van der Waals surface area contributed by atoms with E-state index >= 15 is 0 Å². The molecule has 2 rings (SSSR count). The molecule has 0 fully saturated rings. The van der Waals surface area contributed by atoms with E-state index in [1.54, 1.807) is 0 Å². The highest BCUT2D eigenvalue weighted by Gasteiger charge is 2.05. The quantitative estimate of drug-likeness (QED) is 0.307. The Morgan fingerprint density at radius 2 is 2.18 bits per heavy atom. The van der Waals surface area contributed by atoms with E-state index in [2.05, 4.69) is 57.9 Å². The molecule has 1 aromatic heterocycles. The van der Waals surface area contributed by atoms with Crippen LogP contribution in [0.2, 0.25) is 0 Å². The van der Waals surface area contributed by atoms with Gasteiger partial charge in [-0.15, -0.1) is 30.4 Å². The first-order valence-corrected chi connectivity index (χ1v) is 7.27. The van der Waals surface area contributed by atoms with Crippen molar-refractivity contribution in [3.8, 4) is 12.3 Å². The van der Waals surface area contributed by atoms with E-state index in [0.717, 1.165) is 25.5 Å². The van der Waals surface area contributed by atoms with Crippen LogP contribution in [0.3, 0.4) is 0 Å². The minimum atomic E-state index is 0. The first-order valence-electron chi connectivity index (χ1n) is 7.27. The van der Waals surface area contributed by atoms with Crippen LogP contribution in [0.1, 0.15) is 18.1 Å². The maximum atomic E-state index is 5.26. The summed E-state index contributed by atoms with van der Waals surface area (Å²) < 4.78 is 0. The SMILES string of the molecule is C#CCNC(=NCCc1c[nH]c2cccc(C)c12)NCC.I. The number of aliphatic imine (C=N–C) groups is 1. The largest absolute Gasteiger partial charge is 0.361 e. The average Bonchev–Trinajstić information content (AvgIpc) is 2.89. The number of terminal acetylenes is 1. The summed E-state index contributed by atoms with van der Waals surface area (Å²) in [4.78, 5) is 7.87. The van der Waals surface area contributed by atoms with Crippen molar-refractivity contribution in [3.05, 3.63) is 35.5 Å². The van der Waals surface area contributed by atoms with Gasteiger partial charge in [-0.05, 0) is 37.5 Å². The van der Waals surface area contributed by atoms with Gasteiger partial charge in [0.05, 0.1) is 6.54 Å². The van der Waals surface area contributed by atoms with Crippen LogP contribution in [-0.4, -0.2) is 30.6 Å². The van der Waals surface area contributed by atoms with Gasteiger partial charge in [-0.1, -0.05) is 18.1 Å². The highest BCUT2D eigenvalue weighted by molar-refractivity contribution is 14.0. The Kier molecular flexibility index (Phi) is 7.82. The van der Waals surface area contributed by atoms with Crippen molar-refractivity contribution >= 4 is 40.8 Å². The molecule has 0 saturated carbocycles. The van der Waals surface area contributed by atoms with Crippen LogP contribution in [0.4, 0.5) is 0 Å². The van der Waals surface area contributed by atoms with Gasteiger partial charge in [0.25, 0.3) is 0 Å². The van der Waals surface area contributed by atoms with E-state index in [0.29, 0.717) is 6.54 Å². The second-order valence-corrected chi connectivity index (χ2v) is 4.88. The third-order valence-electron chi connectivity index (χ3n) is 3.35. The Balaban J connectivity index is 0.00000242. The Hall–Kier alpha value is -1.68. The summed E-state index contributed by atoms with van der Waals surface area (Å²) in [6.45, 7) is 6.21. The van der Waals surface area contributed by atoms with Crippen molar-refractivity contribution in [2.24, 2.45) is 4.99 Å². The molecule has 0 radical (unpaired) electrons. The summed E-state index contributed by atoms with van der Waals surface area (Å²) in [5, 5.41) is 7.59. The lowest BCUT2D eigenvalue weighted by molar-refractivity contribution is 0.857. The second-order valence-electron chi connectivity index (χ2n) is 4.88. The lowest BCUT2D eigenvalue weighted by atomic mass is 10.1. The van der Waals surface area contributed by atoms with Crippen LogP contribution in [0, 0.1) is 19.3 Å². The standard InChI is InChI=1S/C17H22N4.HI/c1-4-10-19-17(18-5-2)20-11-9-14-12-21-15-8-6-7-13(3)16(14)15;/h1,6-8,12,21H,5,9-11H2,2-3H3,(H2,18,19,20);1H. The van der Waals surface area contributed by atoms with E-state index in [1.165, 1.54) is 22.0 Å². The maximum Gasteiger partial charge on any atom is 0.192 e. The minimum Gasteiger partial charge on any atom is -0.361 e. The predicted molar refractivity (Wildman–Crippen MR) is 105 cm³/mol. The topological polar surface area (TPSA) is 52.2 Å². The zero-order valence-electron chi connectivity index (χ0n) is 13.1. The van der Waals surface area contributed by atoms with Crippen LogP contribution in [0.25, 0.3) is 10.9 Å².